The second kappa shape index (κ2) is 26.6. The van der Waals surface area contributed by atoms with Gasteiger partial charge in [-0.25, -0.2) is 0 Å². The van der Waals surface area contributed by atoms with E-state index in [9.17, 15) is 0 Å². The fraction of sp³-hybridized carbons (Fsp3) is 1.00. The highest BCUT2D eigenvalue weighted by atomic mass is 15.1. The quantitative estimate of drug-likeness (QED) is 0.109. The number of unbranched alkanes of at least 4 members (excludes halogenated alkanes) is 13. The van der Waals surface area contributed by atoms with Gasteiger partial charge in [0, 0.05) is 6.04 Å². The van der Waals surface area contributed by atoms with Crippen LogP contribution in [-0.4, -0.2) is 24.0 Å². The standard InChI is InChI=1S/C32H67N/c1-6-11-15-16-17-18-19-20-21-22-23-26-31(25-12-7-2)27-24-28-32(10-5)33(29-13-8-3)30-14-9-4/h31-32H,6-30H2,1-5H3. The molecule has 0 aliphatic rings. The van der Waals surface area contributed by atoms with E-state index in [2.05, 4.69) is 39.5 Å². The van der Waals surface area contributed by atoms with Crippen LogP contribution in [-0.2, 0) is 0 Å². The minimum absolute atomic E-state index is 0.830. The zero-order valence-corrected chi connectivity index (χ0v) is 24.3. The molecule has 0 aromatic rings. The molecule has 33 heavy (non-hydrogen) atoms. The maximum absolute atomic E-state index is 2.85. The van der Waals surface area contributed by atoms with Crippen molar-refractivity contribution in [2.75, 3.05) is 13.1 Å². The van der Waals surface area contributed by atoms with Crippen molar-refractivity contribution < 1.29 is 0 Å². The highest BCUT2D eigenvalue weighted by molar-refractivity contribution is 4.72. The van der Waals surface area contributed by atoms with Crippen LogP contribution in [0.1, 0.15) is 182 Å². The third-order valence-electron chi connectivity index (χ3n) is 7.92. The van der Waals surface area contributed by atoms with Gasteiger partial charge >= 0.3 is 0 Å². The summed E-state index contributed by atoms with van der Waals surface area (Å²) in [7, 11) is 0. The number of hydrogen-bond donors (Lipinski definition) is 0. The van der Waals surface area contributed by atoms with Gasteiger partial charge in [-0.1, -0.05) is 157 Å². The zero-order chi connectivity index (χ0) is 24.4. The minimum Gasteiger partial charge on any atom is -0.300 e. The first-order chi connectivity index (χ1) is 16.2. The van der Waals surface area contributed by atoms with Crippen LogP contribution in [0.15, 0.2) is 0 Å². The normalized spacial score (nSPS) is 13.6. The predicted octanol–water partition coefficient (Wildman–Crippen LogP) is 11.3. The average Bonchev–Trinajstić information content (AvgIpc) is 2.83. The molecule has 0 rings (SSSR count). The van der Waals surface area contributed by atoms with Crippen LogP contribution >= 0.6 is 0 Å². The van der Waals surface area contributed by atoms with Crippen molar-refractivity contribution in [2.45, 2.75) is 188 Å². The molecule has 0 aliphatic heterocycles. The zero-order valence-electron chi connectivity index (χ0n) is 24.3. The van der Waals surface area contributed by atoms with Gasteiger partial charge < -0.3 is 4.90 Å². The summed E-state index contributed by atoms with van der Waals surface area (Å²) in [6, 6.07) is 0.830. The van der Waals surface area contributed by atoms with E-state index in [1.807, 2.05) is 0 Å². The van der Waals surface area contributed by atoms with Crippen molar-refractivity contribution >= 4 is 0 Å². The maximum Gasteiger partial charge on any atom is 0.00926 e. The highest BCUT2D eigenvalue weighted by Crippen LogP contribution is 2.25. The molecule has 0 bridgehead atoms. The topological polar surface area (TPSA) is 3.24 Å². The predicted molar refractivity (Wildman–Crippen MR) is 153 cm³/mol. The second-order valence-electron chi connectivity index (χ2n) is 11.1. The Morgan fingerprint density at radius 3 is 1.30 bits per heavy atom. The summed E-state index contributed by atoms with van der Waals surface area (Å²) in [4.78, 5) is 2.85. The Kier molecular flexibility index (Phi) is 26.5. The Morgan fingerprint density at radius 1 is 0.394 bits per heavy atom. The largest absolute Gasteiger partial charge is 0.300 e. The molecule has 0 saturated carbocycles. The van der Waals surface area contributed by atoms with Gasteiger partial charge in [-0.05, 0) is 44.7 Å². The molecule has 200 valence electrons. The van der Waals surface area contributed by atoms with Crippen molar-refractivity contribution in [3.05, 3.63) is 0 Å². The summed E-state index contributed by atoms with van der Waals surface area (Å²) < 4.78 is 0. The maximum atomic E-state index is 2.85. The lowest BCUT2D eigenvalue weighted by atomic mass is 9.89. The average molecular weight is 466 g/mol. The molecule has 0 heterocycles. The van der Waals surface area contributed by atoms with Crippen LogP contribution in [0.5, 0.6) is 0 Å². The van der Waals surface area contributed by atoms with E-state index in [-0.39, 0.29) is 0 Å². The molecule has 2 unspecified atom stereocenters. The summed E-state index contributed by atoms with van der Waals surface area (Å²) in [5, 5.41) is 0. The molecule has 1 nitrogen and oxygen atoms in total. The Labute approximate surface area is 212 Å². The summed E-state index contributed by atoms with van der Waals surface area (Å²) in [5.41, 5.74) is 0. The lowest BCUT2D eigenvalue weighted by Gasteiger charge is -2.31. The van der Waals surface area contributed by atoms with Crippen molar-refractivity contribution in [1.29, 1.82) is 0 Å². The van der Waals surface area contributed by atoms with E-state index < -0.39 is 0 Å². The van der Waals surface area contributed by atoms with E-state index in [0.29, 0.717) is 0 Å². The Bertz CT molecular complexity index is 344. The lowest BCUT2D eigenvalue weighted by molar-refractivity contribution is 0.170. The number of nitrogens with zero attached hydrogens (tertiary/aromatic N) is 1. The SMILES string of the molecule is CCCCCCCCCCCCCC(CCCC)CCCC(CC)N(CCCC)CCCC. The van der Waals surface area contributed by atoms with E-state index in [4.69, 9.17) is 0 Å². The third kappa shape index (κ3) is 21.0. The van der Waals surface area contributed by atoms with E-state index >= 15 is 0 Å². The smallest absolute Gasteiger partial charge is 0.00926 e. The van der Waals surface area contributed by atoms with Crippen LogP contribution in [0.25, 0.3) is 0 Å². The van der Waals surface area contributed by atoms with Gasteiger partial charge in [-0.3, -0.25) is 0 Å². The van der Waals surface area contributed by atoms with Crippen LogP contribution in [0.3, 0.4) is 0 Å². The third-order valence-corrected chi connectivity index (χ3v) is 7.92. The monoisotopic (exact) mass is 466 g/mol. The molecule has 0 fully saturated rings. The molecule has 0 radical (unpaired) electrons. The van der Waals surface area contributed by atoms with Crippen molar-refractivity contribution in [1.82, 2.24) is 4.90 Å². The summed E-state index contributed by atoms with van der Waals surface area (Å²) >= 11 is 0. The molecule has 0 saturated heterocycles. The van der Waals surface area contributed by atoms with Gasteiger partial charge in [-0.15, -0.1) is 0 Å². The first-order valence-corrected chi connectivity index (χ1v) is 16.0. The summed E-state index contributed by atoms with van der Waals surface area (Å²) in [5.74, 6) is 1.00. The minimum atomic E-state index is 0.830. The van der Waals surface area contributed by atoms with E-state index in [0.717, 1.165) is 12.0 Å². The summed E-state index contributed by atoms with van der Waals surface area (Å²) in [6.07, 6.45) is 33.1. The fourth-order valence-electron chi connectivity index (χ4n) is 5.51. The fourth-order valence-corrected chi connectivity index (χ4v) is 5.51. The van der Waals surface area contributed by atoms with Gasteiger partial charge in [0.05, 0.1) is 0 Å². The Balaban J connectivity index is 4.11. The van der Waals surface area contributed by atoms with Crippen LogP contribution in [0.2, 0.25) is 0 Å². The molecule has 0 amide bonds. The molecule has 0 N–H and O–H groups in total. The molecular formula is C32H67N. The van der Waals surface area contributed by atoms with Gasteiger partial charge in [-0.2, -0.15) is 0 Å². The van der Waals surface area contributed by atoms with Gasteiger partial charge in [0.25, 0.3) is 0 Å². The molecule has 2 atom stereocenters. The molecule has 1 heteroatoms. The second-order valence-corrected chi connectivity index (χ2v) is 11.1. The first kappa shape index (κ1) is 33.0. The lowest BCUT2D eigenvalue weighted by Crippen LogP contribution is -2.36. The number of rotatable bonds is 27. The van der Waals surface area contributed by atoms with Crippen LogP contribution in [0.4, 0.5) is 0 Å². The van der Waals surface area contributed by atoms with Crippen molar-refractivity contribution in [3.63, 3.8) is 0 Å². The number of hydrogen-bond acceptors (Lipinski definition) is 1. The van der Waals surface area contributed by atoms with Crippen LogP contribution < -0.4 is 0 Å². The highest BCUT2D eigenvalue weighted by Gasteiger charge is 2.17. The van der Waals surface area contributed by atoms with Gasteiger partial charge in [0.2, 0.25) is 0 Å². The van der Waals surface area contributed by atoms with Crippen LogP contribution in [0, 0.1) is 5.92 Å². The molecular weight excluding hydrogens is 398 g/mol. The van der Waals surface area contributed by atoms with E-state index in [1.165, 1.54) is 161 Å². The van der Waals surface area contributed by atoms with Crippen molar-refractivity contribution in [3.8, 4) is 0 Å². The van der Waals surface area contributed by atoms with Gasteiger partial charge in [0.15, 0.2) is 0 Å². The molecule has 0 aliphatic carbocycles. The van der Waals surface area contributed by atoms with E-state index in [1.54, 1.807) is 0 Å². The summed E-state index contributed by atoms with van der Waals surface area (Å²) in [6.45, 7) is 14.4. The van der Waals surface area contributed by atoms with Crippen molar-refractivity contribution in [2.24, 2.45) is 5.92 Å². The molecule has 0 spiro atoms. The molecule has 0 aromatic carbocycles. The van der Waals surface area contributed by atoms with Gasteiger partial charge in [0.1, 0.15) is 0 Å². The Hall–Kier alpha value is -0.0400. The Morgan fingerprint density at radius 2 is 0.818 bits per heavy atom. The first-order valence-electron chi connectivity index (χ1n) is 16.0. The molecule has 0 aromatic heterocycles.